The number of nitrogens with one attached hydrogen (secondary N) is 2. The zero-order valence-corrected chi connectivity index (χ0v) is 19.9. The molecular weight excluding hydrogens is 478 g/mol. The predicted molar refractivity (Wildman–Crippen MR) is 136 cm³/mol. The molecule has 0 fully saturated rings. The van der Waals surface area contributed by atoms with Crippen LogP contribution < -0.4 is 15.8 Å². The van der Waals surface area contributed by atoms with Gasteiger partial charge in [-0.3, -0.25) is 14.3 Å². The zero-order valence-electron chi connectivity index (χ0n) is 19.1. The van der Waals surface area contributed by atoms with Crippen molar-refractivity contribution in [1.29, 1.82) is 0 Å². The van der Waals surface area contributed by atoms with Crippen LogP contribution in [0.3, 0.4) is 0 Å². The van der Waals surface area contributed by atoms with E-state index in [1.165, 1.54) is 12.1 Å². The molecule has 0 spiro atoms. The lowest BCUT2D eigenvalue weighted by molar-refractivity contribution is -0.123. The number of carbonyl (C=O) groups excluding carboxylic acids is 2. The SMILES string of the molecule is NC[C@H](NC(=O)c1ccc(C#CC#Cc2ccc(NS(=O)(=O)c3ccccc3)cc2)cc1)C(=O)CO. The molecule has 0 heterocycles. The van der Waals surface area contributed by atoms with E-state index in [2.05, 4.69) is 33.7 Å². The van der Waals surface area contributed by atoms with E-state index in [4.69, 9.17) is 10.8 Å². The van der Waals surface area contributed by atoms with Crippen LogP contribution in [0, 0.1) is 23.7 Å². The Labute approximate surface area is 209 Å². The second-order valence-corrected chi connectivity index (χ2v) is 9.14. The number of sulfonamides is 1. The van der Waals surface area contributed by atoms with Gasteiger partial charge in [-0.2, -0.15) is 0 Å². The van der Waals surface area contributed by atoms with Crippen molar-refractivity contribution in [3.8, 4) is 23.7 Å². The Balaban J connectivity index is 1.59. The third-order valence-corrected chi connectivity index (χ3v) is 6.30. The summed E-state index contributed by atoms with van der Waals surface area (Å²) in [5.74, 6) is 10.2. The molecule has 3 aromatic rings. The lowest BCUT2D eigenvalue weighted by Crippen LogP contribution is -2.46. The zero-order chi connectivity index (χ0) is 26.0. The van der Waals surface area contributed by atoms with Crippen molar-refractivity contribution in [3.05, 3.63) is 95.6 Å². The molecule has 3 rings (SSSR count). The molecule has 3 aromatic carbocycles. The number of rotatable bonds is 8. The van der Waals surface area contributed by atoms with Crippen molar-refractivity contribution >= 4 is 27.4 Å². The molecule has 0 bridgehead atoms. The highest BCUT2D eigenvalue weighted by atomic mass is 32.2. The van der Waals surface area contributed by atoms with Gasteiger partial charge in [0, 0.05) is 28.9 Å². The number of ketones is 1. The lowest BCUT2D eigenvalue weighted by Gasteiger charge is -2.14. The van der Waals surface area contributed by atoms with Crippen molar-refractivity contribution < 1.29 is 23.1 Å². The molecule has 0 aromatic heterocycles. The van der Waals surface area contributed by atoms with E-state index in [1.807, 2.05) is 0 Å². The summed E-state index contributed by atoms with van der Waals surface area (Å²) in [5, 5.41) is 11.4. The fourth-order valence-electron chi connectivity index (χ4n) is 2.97. The van der Waals surface area contributed by atoms with Crippen molar-refractivity contribution in [2.24, 2.45) is 5.73 Å². The van der Waals surface area contributed by atoms with E-state index in [0.29, 0.717) is 22.4 Å². The summed E-state index contributed by atoms with van der Waals surface area (Å²) in [5.41, 5.74) is 7.48. The molecule has 0 aliphatic rings. The number of hydrogen-bond donors (Lipinski definition) is 4. The van der Waals surface area contributed by atoms with Crippen molar-refractivity contribution in [2.75, 3.05) is 17.9 Å². The molecule has 9 heteroatoms. The second kappa shape index (κ2) is 12.3. The fraction of sp³-hybridized carbons (Fsp3) is 0.111. The Morgan fingerprint density at radius 1 is 0.861 bits per heavy atom. The standard InChI is InChI=1S/C27H23N3O5S/c28-18-25(26(32)19-31)29-27(33)22-14-10-20(11-15-22)6-4-5-7-21-12-16-23(17-13-21)30-36(34,35)24-8-2-1-3-9-24/h1-3,8-17,25,30-31H,18-19,28H2,(H,29,33)/t25-/m0/s1. The molecule has 1 amide bonds. The second-order valence-electron chi connectivity index (χ2n) is 7.46. The van der Waals surface area contributed by atoms with Crippen molar-refractivity contribution in [2.45, 2.75) is 10.9 Å². The molecule has 36 heavy (non-hydrogen) atoms. The van der Waals surface area contributed by atoms with Gasteiger partial charge in [0.1, 0.15) is 12.6 Å². The van der Waals surface area contributed by atoms with Crippen LogP contribution in [0.25, 0.3) is 0 Å². The van der Waals surface area contributed by atoms with Crippen LogP contribution in [-0.2, 0) is 14.8 Å². The van der Waals surface area contributed by atoms with Crippen LogP contribution in [0.5, 0.6) is 0 Å². The Hall–Kier alpha value is -4.41. The maximum absolute atomic E-state index is 12.4. The van der Waals surface area contributed by atoms with Gasteiger partial charge < -0.3 is 16.2 Å². The first kappa shape index (κ1) is 26.2. The first-order chi connectivity index (χ1) is 17.3. The number of hydrogen-bond acceptors (Lipinski definition) is 6. The van der Waals surface area contributed by atoms with Crippen LogP contribution in [0.4, 0.5) is 5.69 Å². The van der Waals surface area contributed by atoms with Crippen LogP contribution in [-0.4, -0.2) is 44.4 Å². The first-order valence-electron chi connectivity index (χ1n) is 10.8. The van der Waals surface area contributed by atoms with E-state index in [0.717, 1.165) is 0 Å². The lowest BCUT2D eigenvalue weighted by atomic mass is 10.1. The average Bonchev–Trinajstić information content (AvgIpc) is 2.90. The monoisotopic (exact) mass is 501 g/mol. The molecule has 0 radical (unpaired) electrons. The third-order valence-electron chi connectivity index (χ3n) is 4.90. The Morgan fingerprint density at radius 2 is 1.42 bits per heavy atom. The van der Waals surface area contributed by atoms with Crippen LogP contribution in [0.15, 0.2) is 83.8 Å². The van der Waals surface area contributed by atoms with E-state index in [9.17, 15) is 18.0 Å². The average molecular weight is 502 g/mol. The van der Waals surface area contributed by atoms with Crippen molar-refractivity contribution in [1.82, 2.24) is 5.32 Å². The summed E-state index contributed by atoms with van der Waals surface area (Å²) >= 11 is 0. The van der Waals surface area contributed by atoms with Gasteiger partial charge in [-0.1, -0.05) is 30.0 Å². The van der Waals surface area contributed by atoms with Gasteiger partial charge in [-0.05, 0) is 72.5 Å². The number of amides is 1. The van der Waals surface area contributed by atoms with E-state index >= 15 is 0 Å². The highest BCUT2D eigenvalue weighted by Crippen LogP contribution is 2.16. The summed E-state index contributed by atoms with van der Waals surface area (Å²) in [6, 6.07) is 20.1. The fourth-order valence-corrected chi connectivity index (χ4v) is 4.05. The molecule has 1 atom stereocenters. The number of aliphatic hydroxyl groups is 1. The van der Waals surface area contributed by atoms with Gasteiger partial charge in [0.05, 0.1) is 4.90 Å². The van der Waals surface area contributed by atoms with Gasteiger partial charge in [-0.15, -0.1) is 0 Å². The van der Waals surface area contributed by atoms with E-state index in [1.54, 1.807) is 66.7 Å². The quantitative estimate of drug-likeness (QED) is 0.345. The number of carbonyl (C=O) groups is 2. The molecule has 0 aliphatic carbocycles. The number of Topliss-reactive ketones (excluding diaryl/α,β-unsaturated/α-hetero) is 1. The van der Waals surface area contributed by atoms with Crippen LogP contribution in [0.2, 0.25) is 0 Å². The Kier molecular flexibility index (Phi) is 8.98. The smallest absolute Gasteiger partial charge is 0.261 e. The van der Waals surface area contributed by atoms with Gasteiger partial charge in [0.15, 0.2) is 5.78 Å². The maximum Gasteiger partial charge on any atom is 0.261 e. The molecule has 0 unspecified atom stereocenters. The molecule has 5 N–H and O–H groups in total. The third kappa shape index (κ3) is 7.29. The van der Waals surface area contributed by atoms with E-state index in [-0.39, 0.29) is 11.4 Å². The maximum atomic E-state index is 12.4. The van der Waals surface area contributed by atoms with E-state index < -0.39 is 34.4 Å². The van der Waals surface area contributed by atoms with Crippen LogP contribution in [0.1, 0.15) is 21.5 Å². The van der Waals surface area contributed by atoms with Crippen LogP contribution >= 0.6 is 0 Å². The molecule has 0 saturated carbocycles. The Morgan fingerprint density at radius 3 is 1.94 bits per heavy atom. The summed E-state index contributed by atoms with van der Waals surface area (Å²) in [4.78, 5) is 23.9. The minimum absolute atomic E-state index is 0.112. The summed E-state index contributed by atoms with van der Waals surface area (Å²) in [6.07, 6.45) is 0. The minimum Gasteiger partial charge on any atom is -0.388 e. The van der Waals surface area contributed by atoms with Crippen molar-refractivity contribution in [3.63, 3.8) is 0 Å². The Bertz CT molecular complexity index is 1450. The molecular formula is C27H23N3O5S. The molecule has 0 saturated heterocycles. The number of benzene rings is 3. The predicted octanol–water partition coefficient (Wildman–Crippen LogP) is 1.51. The van der Waals surface area contributed by atoms with Gasteiger partial charge in [0.2, 0.25) is 0 Å². The van der Waals surface area contributed by atoms with Gasteiger partial charge in [-0.25, -0.2) is 8.42 Å². The highest BCUT2D eigenvalue weighted by molar-refractivity contribution is 7.92. The minimum atomic E-state index is -3.66. The topological polar surface area (TPSA) is 139 Å². The molecule has 8 nitrogen and oxygen atoms in total. The number of aliphatic hydroxyl groups excluding tert-OH is 1. The number of nitrogens with two attached hydrogens (primary N) is 1. The number of anilines is 1. The summed E-state index contributed by atoms with van der Waals surface area (Å²) in [6.45, 7) is -0.811. The molecule has 182 valence electrons. The highest BCUT2D eigenvalue weighted by Gasteiger charge is 2.18. The summed E-state index contributed by atoms with van der Waals surface area (Å²) < 4.78 is 27.3. The summed E-state index contributed by atoms with van der Waals surface area (Å²) in [7, 11) is -3.66. The first-order valence-corrected chi connectivity index (χ1v) is 12.3. The van der Waals surface area contributed by atoms with Gasteiger partial charge in [0.25, 0.3) is 15.9 Å². The molecule has 0 aliphatic heterocycles. The van der Waals surface area contributed by atoms with Gasteiger partial charge >= 0.3 is 0 Å². The largest absolute Gasteiger partial charge is 0.388 e. The normalized spacial score (nSPS) is 11.2.